The highest BCUT2D eigenvalue weighted by Gasteiger charge is 2.27. The van der Waals surface area contributed by atoms with Crippen molar-refractivity contribution in [3.63, 3.8) is 0 Å². The number of rotatable bonds is 4. The van der Waals surface area contributed by atoms with E-state index in [1.807, 2.05) is 19.2 Å². The fraction of sp³-hybridized carbons (Fsp3) is 0.250. The van der Waals surface area contributed by atoms with Crippen molar-refractivity contribution < 1.29 is 4.79 Å². The summed E-state index contributed by atoms with van der Waals surface area (Å²) in [4.78, 5) is 20.6. The number of nitrogens with zero attached hydrogens (tertiary/aromatic N) is 2. The van der Waals surface area contributed by atoms with Gasteiger partial charge in [-0.15, -0.1) is 11.3 Å². The molecule has 0 fully saturated rings. The smallest absolute Gasteiger partial charge is 0.272 e. The van der Waals surface area contributed by atoms with Crippen LogP contribution in [0.3, 0.4) is 0 Å². The van der Waals surface area contributed by atoms with Gasteiger partial charge in [0.15, 0.2) is 0 Å². The number of carbonyl (C=O) groups excluding carboxylic acids is 1. The molecule has 0 saturated carbocycles. The maximum atomic E-state index is 12.3. The summed E-state index contributed by atoms with van der Waals surface area (Å²) < 4.78 is 0. The van der Waals surface area contributed by atoms with Gasteiger partial charge in [0.05, 0.1) is 10.6 Å². The maximum absolute atomic E-state index is 12.3. The van der Waals surface area contributed by atoms with Crippen LogP contribution in [0.2, 0.25) is 5.02 Å². The molecule has 2 heterocycles. The molecule has 8 heteroatoms. The first-order valence-corrected chi connectivity index (χ1v) is 7.05. The van der Waals surface area contributed by atoms with Crippen LogP contribution < -0.4 is 16.6 Å². The Balaban J connectivity index is 2.24. The number of aromatic nitrogens is 2. The van der Waals surface area contributed by atoms with Gasteiger partial charge in [0, 0.05) is 11.6 Å². The lowest BCUT2D eigenvalue weighted by atomic mass is 10.1. The van der Waals surface area contributed by atoms with E-state index in [0.29, 0.717) is 5.82 Å². The summed E-state index contributed by atoms with van der Waals surface area (Å²) in [7, 11) is 0. The number of hydrogen-bond donors (Lipinski definition) is 3. The van der Waals surface area contributed by atoms with Crippen molar-refractivity contribution in [3.8, 4) is 0 Å². The molecule has 2 aromatic rings. The van der Waals surface area contributed by atoms with E-state index in [0.717, 1.165) is 5.01 Å². The molecule has 0 saturated heterocycles. The Hall–Kier alpha value is -1.70. The zero-order chi connectivity index (χ0) is 14.8. The second-order valence-corrected chi connectivity index (χ2v) is 5.89. The zero-order valence-corrected chi connectivity index (χ0v) is 12.5. The average molecular weight is 312 g/mol. The van der Waals surface area contributed by atoms with E-state index < -0.39 is 5.54 Å². The number of carbonyl (C=O) groups is 1. The number of anilines is 1. The number of nitrogens with one attached hydrogen (secondary N) is 2. The van der Waals surface area contributed by atoms with Gasteiger partial charge < -0.3 is 10.7 Å². The van der Waals surface area contributed by atoms with E-state index in [9.17, 15) is 4.79 Å². The topological polar surface area (TPSA) is 92.9 Å². The molecule has 0 aromatic carbocycles. The minimum Gasteiger partial charge on any atom is -0.339 e. The lowest BCUT2D eigenvalue weighted by Crippen LogP contribution is -2.41. The molecule has 4 N–H and O–H groups in total. The van der Waals surface area contributed by atoms with E-state index in [2.05, 4.69) is 20.7 Å². The molecule has 1 amide bonds. The molecule has 0 unspecified atom stereocenters. The van der Waals surface area contributed by atoms with Crippen LogP contribution in [0.5, 0.6) is 0 Å². The number of halogens is 1. The van der Waals surface area contributed by atoms with Crippen LogP contribution >= 0.6 is 22.9 Å². The fourth-order valence-electron chi connectivity index (χ4n) is 1.61. The van der Waals surface area contributed by atoms with Crippen LogP contribution in [0.25, 0.3) is 0 Å². The fourth-order valence-corrected chi connectivity index (χ4v) is 2.52. The second-order valence-electron chi connectivity index (χ2n) is 4.59. The summed E-state index contributed by atoms with van der Waals surface area (Å²) in [5.41, 5.74) is 1.89. The Labute approximate surface area is 125 Å². The standard InChI is InChI=1S/C12H14ClN5OS/c1-12(2,11-15-5-6-20-11)17-10(19)9-7(13)3-4-8(16-9)18-14/h3-6H,14H2,1-2H3,(H,16,18)(H,17,19). The largest absolute Gasteiger partial charge is 0.339 e. The number of hydrogen-bond acceptors (Lipinski definition) is 6. The molecule has 2 rings (SSSR count). The molecule has 0 atom stereocenters. The molecule has 20 heavy (non-hydrogen) atoms. The third kappa shape index (κ3) is 3.06. The zero-order valence-electron chi connectivity index (χ0n) is 11.0. The van der Waals surface area contributed by atoms with E-state index >= 15 is 0 Å². The average Bonchev–Trinajstić information content (AvgIpc) is 2.93. The monoisotopic (exact) mass is 311 g/mol. The molecule has 0 bridgehead atoms. The van der Waals surface area contributed by atoms with Gasteiger partial charge in [-0.3, -0.25) is 4.79 Å². The van der Waals surface area contributed by atoms with E-state index in [-0.39, 0.29) is 16.6 Å². The van der Waals surface area contributed by atoms with E-state index in [1.54, 1.807) is 18.3 Å². The minimum absolute atomic E-state index is 0.117. The molecule has 0 radical (unpaired) electrons. The Kier molecular flexibility index (Phi) is 4.22. The number of hydrazine groups is 1. The van der Waals surface area contributed by atoms with Crippen LogP contribution in [0, 0.1) is 0 Å². The van der Waals surface area contributed by atoms with Crippen LogP contribution in [0.4, 0.5) is 5.82 Å². The molecule has 2 aromatic heterocycles. The maximum Gasteiger partial charge on any atom is 0.272 e. The molecular weight excluding hydrogens is 298 g/mol. The number of pyridine rings is 1. The molecular formula is C12H14ClN5OS. The summed E-state index contributed by atoms with van der Waals surface area (Å²) >= 11 is 7.46. The van der Waals surface area contributed by atoms with Crippen molar-refractivity contribution in [1.29, 1.82) is 0 Å². The molecule has 0 aliphatic carbocycles. The predicted octanol–water partition coefficient (Wildman–Crippen LogP) is 2.14. The van der Waals surface area contributed by atoms with Gasteiger partial charge in [-0.1, -0.05) is 11.6 Å². The third-order valence-electron chi connectivity index (χ3n) is 2.60. The van der Waals surface area contributed by atoms with Gasteiger partial charge in [0.25, 0.3) is 5.91 Å². The lowest BCUT2D eigenvalue weighted by Gasteiger charge is -2.23. The Bertz CT molecular complexity index is 614. The highest BCUT2D eigenvalue weighted by atomic mass is 35.5. The Morgan fingerprint density at radius 1 is 1.45 bits per heavy atom. The van der Waals surface area contributed by atoms with Crippen LogP contribution in [-0.2, 0) is 5.54 Å². The normalized spacial score (nSPS) is 11.2. The number of thiazole rings is 1. The Morgan fingerprint density at radius 2 is 2.20 bits per heavy atom. The van der Waals surface area contributed by atoms with Gasteiger partial charge in [-0.2, -0.15) is 0 Å². The van der Waals surface area contributed by atoms with Gasteiger partial charge in [0.1, 0.15) is 16.5 Å². The van der Waals surface area contributed by atoms with Gasteiger partial charge >= 0.3 is 0 Å². The van der Waals surface area contributed by atoms with Gasteiger partial charge in [-0.25, -0.2) is 15.8 Å². The molecule has 6 nitrogen and oxygen atoms in total. The first kappa shape index (κ1) is 14.7. The minimum atomic E-state index is -0.609. The van der Waals surface area contributed by atoms with Crippen molar-refractivity contribution in [1.82, 2.24) is 15.3 Å². The summed E-state index contributed by atoms with van der Waals surface area (Å²) in [6.45, 7) is 3.73. The highest BCUT2D eigenvalue weighted by molar-refractivity contribution is 7.09. The van der Waals surface area contributed by atoms with Crippen molar-refractivity contribution in [2.45, 2.75) is 19.4 Å². The SMILES string of the molecule is CC(C)(NC(=O)c1nc(NN)ccc1Cl)c1nccs1. The Morgan fingerprint density at radius 3 is 2.80 bits per heavy atom. The molecule has 106 valence electrons. The van der Waals surface area contributed by atoms with Crippen LogP contribution in [0.1, 0.15) is 29.3 Å². The molecule has 0 spiro atoms. The van der Waals surface area contributed by atoms with Crippen LogP contribution in [-0.4, -0.2) is 15.9 Å². The first-order chi connectivity index (χ1) is 9.44. The quantitative estimate of drug-likeness (QED) is 0.594. The lowest BCUT2D eigenvalue weighted by molar-refractivity contribution is 0.0907. The predicted molar refractivity (Wildman–Crippen MR) is 79.7 cm³/mol. The summed E-state index contributed by atoms with van der Waals surface area (Å²) in [6, 6.07) is 3.15. The summed E-state index contributed by atoms with van der Waals surface area (Å²) in [5.74, 6) is 5.26. The highest BCUT2D eigenvalue weighted by Crippen LogP contribution is 2.24. The van der Waals surface area contributed by atoms with Crippen LogP contribution in [0.15, 0.2) is 23.7 Å². The van der Waals surface area contributed by atoms with Gasteiger partial charge in [0.2, 0.25) is 0 Å². The number of amides is 1. The third-order valence-corrected chi connectivity index (χ3v) is 4.00. The molecule has 0 aliphatic heterocycles. The van der Waals surface area contributed by atoms with E-state index in [1.165, 1.54) is 11.3 Å². The number of nitrogen functional groups attached to an aromatic ring is 1. The van der Waals surface area contributed by atoms with Crippen molar-refractivity contribution in [3.05, 3.63) is 39.4 Å². The summed E-state index contributed by atoms with van der Waals surface area (Å²) in [5, 5.41) is 5.78. The van der Waals surface area contributed by atoms with Crippen molar-refractivity contribution in [2.75, 3.05) is 5.43 Å². The number of nitrogens with two attached hydrogens (primary N) is 1. The van der Waals surface area contributed by atoms with Gasteiger partial charge in [-0.05, 0) is 26.0 Å². The second kappa shape index (κ2) is 5.74. The summed E-state index contributed by atoms with van der Waals surface area (Å²) in [6.07, 6.45) is 1.69. The van der Waals surface area contributed by atoms with Crippen molar-refractivity contribution in [2.24, 2.45) is 5.84 Å². The first-order valence-electron chi connectivity index (χ1n) is 5.79. The van der Waals surface area contributed by atoms with Crippen molar-refractivity contribution >= 4 is 34.7 Å². The van der Waals surface area contributed by atoms with E-state index in [4.69, 9.17) is 17.4 Å². The molecule has 0 aliphatic rings.